The van der Waals surface area contributed by atoms with E-state index < -0.39 is 0 Å². The average Bonchev–Trinajstić information content (AvgIpc) is 2.60. The van der Waals surface area contributed by atoms with Crippen LogP contribution in [0.4, 0.5) is 0 Å². The van der Waals surface area contributed by atoms with E-state index in [1.807, 2.05) is 0 Å². The summed E-state index contributed by atoms with van der Waals surface area (Å²) >= 11 is 0. The van der Waals surface area contributed by atoms with Crippen molar-refractivity contribution in [2.45, 2.75) is 0 Å². The molecular formula is C10H9NO3. The maximum Gasteiger partial charge on any atom is 0.186 e. The molecule has 4 nitrogen and oxygen atoms in total. The van der Waals surface area contributed by atoms with Crippen LogP contribution in [0, 0.1) is 0 Å². The molecular weight excluding hydrogens is 182 g/mol. The van der Waals surface area contributed by atoms with Gasteiger partial charge < -0.3 is 14.8 Å². The molecule has 0 amide bonds. The van der Waals surface area contributed by atoms with Crippen LogP contribution in [0.3, 0.4) is 0 Å². The molecule has 1 aromatic carbocycles. The minimum Gasteiger partial charge on any atom is -0.468 e. The molecule has 0 atom stereocenters. The third-order valence-electron chi connectivity index (χ3n) is 2.04. The normalized spacial score (nSPS) is 10.4. The zero-order valence-electron chi connectivity index (χ0n) is 7.36. The van der Waals surface area contributed by atoms with Gasteiger partial charge >= 0.3 is 0 Å². The summed E-state index contributed by atoms with van der Waals surface area (Å²) in [5.41, 5.74) is 1.44. The van der Waals surface area contributed by atoms with Crippen LogP contribution in [0.1, 0.15) is 10.4 Å². The molecule has 1 heterocycles. The third kappa shape index (κ3) is 1.36. The molecule has 4 heteroatoms. The molecule has 0 saturated heterocycles. The van der Waals surface area contributed by atoms with Crippen LogP contribution < -0.4 is 4.74 Å². The number of fused-ring (bicyclic) bond motifs is 1. The SMILES string of the molecule is O=Cc1c[nH]c2cc(OCO)ccc12. The molecule has 0 spiro atoms. The number of H-pyrrole nitrogens is 1. The number of nitrogens with one attached hydrogen (secondary N) is 1. The summed E-state index contributed by atoms with van der Waals surface area (Å²) in [6, 6.07) is 5.22. The Hall–Kier alpha value is -1.81. The standard InChI is InChI=1S/C10H9NO3/c12-5-7-4-11-10-3-8(14-6-13)1-2-9(7)10/h1-5,11,13H,6H2. The van der Waals surface area contributed by atoms with Crippen molar-refractivity contribution in [1.29, 1.82) is 0 Å². The minimum absolute atomic E-state index is 0.354. The van der Waals surface area contributed by atoms with Crippen LogP contribution in [0.25, 0.3) is 10.9 Å². The van der Waals surface area contributed by atoms with Crippen LogP contribution in [-0.2, 0) is 0 Å². The number of carbonyl (C=O) groups is 1. The summed E-state index contributed by atoms with van der Waals surface area (Å²) < 4.78 is 4.90. The first-order valence-electron chi connectivity index (χ1n) is 4.15. The third-order valence-corrected chi connectivity index (χ3v) is 2.04. The molecule has 0 saturated carbocycles. The van der Waals surface area contributed by atoms with Crippen molar-refractivity contribution < 1.29 is 14.6 Å². The van der Waals surface area contributed by atoms with Crippen molar-refractivity contribution in [2.75, 3.05) is 6.79 Å². The summed E-state index contributed by atoms with van der Waals surface area (Å²) in [5, 5.41) is 9.41. The lowest BCUT2D eigenvalue weighted by molar-refractivity contribution is 0.0986. The fraction of sp³-hybridized carbons (Fsp3) is 0.100. The van der Waals surface area contributed by atoms with Gasteiger partial charge in [-0.25, -0.2) is 0 Å². The van der Waals surface area contributed by atoms with Crippen molar-refractivity contribution in [3.63, 3.8) is 0 Å². The first-order valence-corrected chi connectivity index (χ1v) is 4.15. The molecule has 2 aromatic rings. The first kappa shape index (κ1) is 8.77. The summed E-state index contributed by atoms with van der Waals surface area (Å²) in [7, 11) is 0. The highest BCUT2D eigenvalue weighted by atomic mass is 16.6. The van der Waals surface area contributed by atoms with Gasteiger partial charge in [0.15, 0.2) is 13.1 Å². The molecule has 72 valence electrons. The largest absolute Gasteiger partial charge is 0.468 e. The van der Waals surface area contributed by atoms with E-state index in [9.17, 15) is 4.79 Å². The average molecular weight is 191 g/mol. The Morgan fingerprint density at radius 3 is 3.07 bits per heavy atom. The van der Waals surface area contributed by atoms with Crippen molar-refractivity contribution in [3.8, 4) is 5.75 Å². The number of aldehydes is 1. The highest BCUT2D eigenvalue weighted by Gasteiger charge is 2.03. The highest BCUT2D eigenvalue weighted by Crippen LogP contribution is 2.22. The fourth-order valence-electron chi connectivity index (χ4n) is 1.39. The van der Waals surface area contributed by atoms with Crippen LogP contribution in [0.2, 0.25) is 0 Å². The number of carbonyl (C=O) groups excluding carboxylic acids is 1. The van der Waals surface area contributed by atoms with Crippen molar-refractivity contribution in [1.82, 2.24) is 4.98 Å². The predicted octanol–water partition coefficient (Wildman–Crippen LogP) is 1.31. The van der Waals surface area contributed by atoms with Crippen LogP contribution in [0.15, 0.2) is 24.4 Å². The van der Waals surface area contributed by atoms with Crippen molar-refractivity contribution in [3.05, 3.63) is 30.0 Å². The summed E-state index contributed by atoms with van der Waals surface area (Å²) in [6.45, 7) is -0.354. The minimum atomic E-state index is -0.354. The van der Waals surface area contributed by atoms with Gasteiger partial charge in [-0.1, -0.05) is 0 Å². The maximum atomic E-state index is 10.6. The second-order valence-electron chi connectivity index (χ2n) is 2.84. The number of aliphatic hydroxyl groups excluding tert-OH is 1. The second-order valence-corrected chi connectivity index (χ2v) is 2.84. The monoisotopic (exact) mass is 191 g/mol. The number of aromatic nitrogens is 1. The molecule has 2 rings (SSSR count). The number of aliphatic hydroxyl groups is 1. The molecule has 0 unspecified atom stereocenters. The Balaban J connectivity index is 2.51. The van der Waals surface area contributed by atoms with E-state index in [1.54, 1.807) is 24.4 Å². The number of hydrogen-bond donors (Lipinski definition) is 2. The lowest BCUT2D eigenvalue weighted by Crippen LogP contribution is -1.93. The maximum absolute atomic E-state index is 10.6. The van der Waals surface area contributed by atoms with E-state index in [2.05, 4.69) is 4.98 Å². The molecule has 0 aliphatic rings. The van der Waals surface area contributed by atoms with Gasteiger partial charge in [0.25, 0.3) is 0 Å². The lowest BCUT2D eigenvalue weighted by atomic mass is 10.2. The second kappa shape index (κ2) is 3.51. The topological polar surface area (TPSA) is 62.3 Å². The van der Waals surface area contributed by atoms with Gasteiger partial charge in [0.2, 0.25) is 0 Å². The Morgan fingerprint density at radius 1 is 1.50 bits per heavy atom. The highest BCUT2D eigenvalue weighted by molar-refractivity contribution is 5.97. The van der Waals surface area contributed by atoms with Gasteiger partial charge in [-0.15, -0.1) is 0 Å². The van der Waals surface area contributed by atoms with E-state index in [1.165, 1.54) is 0 Å². The predicted molar refractivity (Wildman–Crippen MR) is 51.4 cm³/mol. The van der Waals surface area contributed by atoms with Crippen molar-refractivity contribution >= 4 is 17.2 Å². The Morgan fingerprint density at radius 2 is 2.36 bits per heavy atom. The van der Waals surface area contributed by atoms with Gasteiger partial charge in [-0.2, -0.15) is 0 Å². The van der Waals surface area contributed by atoms with E-state index >= 15 is 0 Å². The first-order chi connectivity index (χ1) is 6.85. The lowest BCUT2D eigenvalue weighted by Gasteiger charge is -2.01. The summed E-state index contributed by atoms with van der Waals surface area (Å²) in [4.78, 5) is 13.5. The molecule has 2 N–H and O–H groups in total. The van der Waals surface area contributed by atoms with Crippen LogP contribution in [-0.4, -0.2) is 23.2 Å². The quantitative estimate of drug-likeness (QED) is 0.568. The smallest absolute Gasteiger partial charge is 0.186 e. The molecule has 0 fully saturated rings. The van der Waals surface area contributed by atoms with Gasteiger partial charge in [0.1, 0.15) is 5.75 Å². The van der Waals surface area contributed by atoms with Crippen molar-refractivity contribution in [2.24, 2.45) is 0 Å². The number of rotatable bonds is 3. The Bertz CT molecular complexity index is 461. The van der Waals surface area contributed by atoms with E-state index in [-0.39, 0.29) is 6.79 Å². The van der Waals surface area contributed by atoms with E-state index in [0.29, 0.717) is 11.3 Å². The molecule has 0 aliphatic carbocycles. The Kier molecular flexibility index (Phi) is 2.20. The number of ether oxygens (including phenoxy) is 1. The molecule has 0 bridgehead atoms. The molecule has 1 aromatic heterocycles. The van der Waals surface area contributed by atoms with Crippen LogP contribution in [0.5, 0.6) is 5.75 Å². The van der Waals surface area contributed by atoms with Gasteiger partial charge in [-0.05, 0) is 12.1 Å². The Labute approximate surface area is 80.1 Å². The number of aromatic amines is 1. The van der Waals surface area contributed by atoms with Crippen LogP contribution >= 0.6 is 0 Å². The van der Waals surface area contributed by atoms with E-state index in [0.717, 1.165) is 17.2 Å². The molecule has 14 heavy (non-hydrogen) atoms. The zero-order valence-corrected chi connectivity index (χ0v) is 7.36. The van der Waals surface area contributed by atoms with Gasteiger partial charge in [-0.3, -0.25) is 4.79 Å². The van der Waals surface area contributed by atoms with Gasteiger partial charge in [0.05, 0.1) is 0 Å². The summed E-state index contributed by atoms with van der Waals surface area (Å²) in [5.74, 6) is 0.569. The number of hydrogen-bond acceptors (Lipinski definition) is 3. The fourth-order valence-corrected chi connectivity index (χ4v) is 1.39. The van der Waals surface area contributed by atoms with Gasteiger partial charge in [0, 0.05) is 28.7 Å². The van der Waals surface area contributed by atoms with E-state index in [4.69, 9.17) is 9.84 Å². The molecule has 0 radical (unpaired) electrons. The molecule has 0 aliphatic heterocycles. The number of benzene rings is 1. The summed E-state index contributed by atoms with van der Waals surface area (Å²) in [6.07, 6.45) is 2.44. The zero-order chi connectivity index (χ0) is 9.97.